The van der Waals surface area contributed by atoms with Crippen LogP contribution in [0.3, 0.4) is 0 Å². The summed E-state index contributed by atoms with van der Waals surface area (Å²) >= 11 is 0. The molecule has 8 heteroatoms. The molecule has 0 radical (unpaired) electrons. The van der Waals surface area contributed by atoms with Crippen molar-refractivity contribution < 1.29 is 13.2 Å². The maximum absolute atomic E-state index is 12.6. The molecule has 3 aromatic rings. The fourth-order valence-electron chi connectivity index (χ4n) is 2.79. The molecule has 1 amide bonds. The van der Waals surface area contributed by atoms with Crippen molar-refractivity contribution in [3.05, 3.63) is 78.4 Å². The van der Waals surface area contributed by atoms with Crippen LogP contribution in [0.25, 0.3) is 0 Å². The van der Waals surface area contributed by atoms with Crippen LogP contribution in [0.4, 0.5) is 22.7 Å². The Hall–Kier alpha value is -3.52. The van der Waals surface area contributed by atoms with Crippen LogP contribution in [0.5, 0.6) is 0 Å². The summed E-state index contributed by atoms with van der Waals surface area (Å²) in [4.78, 5) is 11.5. The zero-order valence-corrected chi connectivity index (χ0v) is 15.5. The third-order valence-corrected chi connectivity index (χ3v) is 5.55. The number of carbonyl (C=O) groups is 1. The Morgan fingerprint density at radius 3 is 2.25 bits per heavy atom. The van der Waals surface area contributed by atoms with E-state index in [0.29, 0.717) is 22.6 Å². The molecule has 0 aliphatic carbocycles. The lowest BCUT2D eigenvalue weighted by Gasteiger charge is -2.09. The summed E-state index contributed by atoms with van der Waals surface area (Å²) in [6.07, 6.45) is 0.180. The number of hydrogen-bond acceptors (Lipinski definition) is 5. The molecule has 0 fully saturated rings. The van der Waals surface area contributed by atoms with Gasteiger partial charge in [0.15, 0.2) is 0 Å². The van der Waals surface area contributed by atoms with Crippen molar-refractivity contribution in [1.82, 2.24) is 0 Å². The van der Waals surface area contributed by atoms with Crippen molar-refractivity contribution in [2.45, 2.75) is 11.3 Å². The van der Waals surface area contributed by atoms with Gasteiger partial charge in [-0.1, -0.05) is 18.2 Å². The second kappa shape index (κ2) is 7.24. The maximum Gasteiger partial charge on any atom is 0.261 e. The summed E-state index contributed by atoms with van der Waals surface area (Å²) in [6.45, 7) is 0. The fourth-order valence-corrected chi connectivity index (χ4v) is 3.90. The minimum atomic E-state index is -3.76. The molecule has 1 aliphatic rings. The molecule has 0 saturated heterocycles. The maximum atomic E-state index is 12.6. The van der Waals surface area contributed by atoms with Crippen LogP contribution in [0.2, 0.25) is 0 Å². The van der Waals surface area contributed by atoms with Gasteiger partial charge in [-0.3, -0.25) is 9.52 Å². The smallest absolute Gasteiger partial charge is 0.261 e. The number of hydrogen-bond donors (Lipinski definition) is 2. The molecule has 7 nitrogen and oxygen atoms in total. The summed E-state index contributed by atoms with van der Waals surface area (Å²) in [5, 5.41) is 10.9. The largest absolute Gasteiger partial charge is 0.326 e. The first-order valence-corrected chi connectivity index (χ1v) is 10.0. The van der Waals surface area contributed by atoms with E-state index in [1.807, 2.05) is 30.3 Å². The van der Waals surface area contributed by atoms with Gasteiger partial charge in [0.25, 0.3) is 10.0 Å². The molecule has 0 aromatic heterocycles. The quantitative estimate of drug-likeness (QED) is 0.630. The molecular weight excluding hydrogens is 376 g/mol. The molecule has 2 N–H and O–H groups in total. The van der Waals surface area contributed by atoms with Gasteiger partial charge in [0.1, 0.15) is 0 Å². The Morgan fingerprint density at radius 1 is 0.857 bits per heavy atom. The molecule has 0 saturated carbocycles. The highest BCUT2D eigenvalue weighted by Crippen LogP contribution is 2.27. The third-order valence-electron chi connectivity index (χ3n) is 4.17. The lowest BCUT2D eigenvalue weighted by atomic mass is 10.2. The second-order valence-corrected chi connectivity index (χ2v) is 7.91. The lowest BCUT2D eigenvalue weighted by molar-refractivity contribution is -0.115. The average Bonchev–Trinajstić information content (AvgIpc) is 3.07. The minimum absolute atomic E-state index is 0.107. The molecule has 0 unspecified atom stereocenters. The van der Waals surface area contributed by atoms with Crippen LogP contribution in [-0.2, 0) is 21.2 Å². The van der Waals surface area contributed by atoms with Crippen LogP contribution in [0.15, 0.2) is 87.9 Å². The number of sulfonamides is 1. The molecular formula is C20H16N4O3S. The molecule has 1 heterocycles. The van der Waals surface area contributed by atoms with Crippen molar-refractivity contribution in [2.75, 3.05) is 10.0 Å². The van der Waals surface area contributed by atoms with Gasteiger partial charge in [0, 0.05) is 11.4 Å². The number of anilines is 2. The molecule has 0 bridgehead atoms. The van der Waals surface area contributed by atoms with E-state index >= 15 is 0 Å². The Labute approximate surface area is 162 Å². The van der Waals surface area contributed by atoms with Gasteiger partial charge in [0.05, 0.1) is 22.7 Å². The highest BCUT2D eigenvalue weighted by molar-refractivity contribution is 7.92. The number of nitrogens with zero attached hydrogens (tertiary/aromatic N) is 2. The first kappa shape index (κ1) is 17.9. The van der Waals surface area contributed by atoms with E-state index < -0.39 is 10.0 Å². The molecule has 28 heavy (non-hydrogen) atoms. The van der Waals surface area contributed by atoms with E-state index in [1.165, 1.54) is 12.1 Å². The van der Waals surface area contributed by atoms with E-state index in [-0.39, 0.29) is 17.2 Å². The molecule has 0 spiro atoms. The van der Waals surface area contributed by atoms with Crippen LogP contribution in [-0.4, -0.2) is 14.3 Å². The first-order chi connectivity index (χ1) is 13.5. The van der Waals surface area contributed by atoms with Gasteiger partial charge >= 0.3 is 0 Å². The number of nitrogens with one attached hydrogen (secondary N) is 2. The molecule has 140 valence electrons. The van der Waals surface area contributed by atoms with Crippen LogP contribution in [0, 0.1) is 0 Å². The highest BCUT2D eigenvalue weighted by Gasteiger charge is 2.21. The topological polar surface area (TPSA) is 100.0 Å². The number of benzene rings is 3. The Kier molecular flexibility index (Phi) is 4.62. The Bertz CT molecular complexity index is 1160. The predicted molar refractivity (Wildman–Crippen MR) is 107 cm³/mol. The van der Waals surface area contributed by atoms with E-state index in [1.54, 1.807) is 30.3 Å². The first-order valence-electron chi connectivity index (χ1n) is 8.52. The predicted octanol–water partition coefficient (Wildman–Crippen LogP) is 4.40. The summed E-state index contributed by atoms with van der Waals surface area (Å²) in [6, 6.07) is 20.5. The summed E-state index contributed by atoms with van der Waals surface area (Å²) in [7, 11) is -3.76. The molecule has 1 aliphatic heterocycles. The van der Waals surface area contributed by atoms with Crippen molar-refractivity contribution in [3.8, 4) is 0 Å². The number of amides is 1. The van der Waals surface area contributed by atoms with E-state index in [4.69, 9.17) is 0 Å². The third kappa shape index (κ3) is 3.91. The Morgan fingerprint density at radius 2 is 1.54 bits per heavy atom. The number of azo groups is 1. The van der Waals surface area contributed by atoms with Crippen LogP contribution in [0.1, 0.15) is 5.56 Å². The van der Waals surface area contributed by atoms with Gasteiger partial charge in [-0.15, -0.1) is 0 Å². The normalized spacial score (nSPS) is 13.4. The van der Waals surface area contributed by atoms with Gasteiger partial charge in [-0.2, -0.15) is 10.2 Å². The Balaban J connectivity index is 1.49. The van der Waals surface area contributed by atoms with Gasteiger partial charge in [-0.05, 0) is 60.2 Å². The summed E-state index contributed by atoms with van der Waals surface area (Å²) in [5.74, 6) is -0.141. The average molecular weight is 392 g/mol. The zero-order valence-electron chi connectivity index (χ0n) is 14.7. The fraction of sp³-hybridized carbons (Fsp3) is 0.0500. The van der Waals surface area contributed by atoms with Crippen molar-refractivity contribution in [3.63, 3.8) is 0 Å². The van der Waals surface area contributed by atoms with Crippen molar-refractivity contribution in [1.29, 1.82) is 0 Å². The van der Waals surface area contributed by atoms with Crippen LogP contribution < -0.4 is 10.0 Å². The summed E-state index contributed by atoms with van der Waals surface area (Å²) < 4.78 is 27.8. The van der Waals surface area contributed by atoms with Crippen LogP contribution >= 0.6 is 0 Å². The standard InChI is InChI=1S/C20H16N4O3S/c25-20-13-14-12-18(10-11-19(14)21-20)28(26,27)24-17-8-6-16(7-9-17)23-22-15-4-2-1-3-5-15/h1-12,24H,13H2,(H,21,25). The number of rotatable bonds is 5. The molecule has 4 rings (SSSR count). The lowest BCUT2D eigenvalue weighted by Crippen LogP contribution is -2.13. The monoisotopic (exact) mass is 392 g/mol. The number of carbonyl (C=O) groups excluding carboxylic acids is 1. The highest BCUT2D eigenvalue weighted by atomic mass is 32.2. The van der Waals surface area contributed by atoms with Crippen molar-refractivity contribution >= 4 is 38.7 Å². The SMILES string of the molecule is O=C1Cc2cc(S(=O)(=O)Nc3ccc(N=Nc4ccccc4)cc3)ccc2N1. The minimum Gasteiger partial charge on any atom is -0.326 e. The summed E-state index contributed by atoms with van der Waals surface area (Å²) in [5.41, 5.74) is 3.07. The van der Waals surface area contributed by atoms with E-state index in [0.717, 1.165) is 5.69 Å². The van der Waals surface area contributed by atoms with E-state index in [2.05, 4.69) is 20.3 Å². The van der Waals surface area contributed by atoms with Gasteiger partial charge < -0.3 is 5.32 Å². The van der Waals surface area contributed by atoms with E-state index in [9.17, 15) is 13.2 Å². The number of fused-ring (bicyclic) bond motifs is 1. The van der Waals surface area contributed by atoms with Gasteiger partial charge in [-0.25, -0.2) is 8.42 Å². The second-order valence-electron chi connectivity index (χ2n) is 6.23. The molecule has 3 aromatic carbocycles. The molecule has 0 atom stereocenters. The zero-order chi connectivity index (χ0) is 19.6. The van der Waals surface area contributed by atoms with Gasteiger partial charge in [0.2, 0.25) is 5.91 Å². The van der Waals surface area contributed by atoms with Crippen molar-refractivity contribution in [2.24, 2.45) is 10.2 Å².